The van der Waals surface area contributed by atoms with Crippen LogP contribution in [0.2, 0.25) is 0 Å². The molecule has 2 rings (SSSR count). The molecule has 2 heterocycles. The Hall–Kier alpha value is -2.83. The summed E-state index contributed by atoms with van der Waals surface area (Å²) in [6.07, 6.45) is 40.7. The molecule has 0 bridgehead atoms. The first kappa shape index (κ1) is 65.3. The summed E-state index contributed by atoms with van der Waals surface area (Å²) >= 11 is 0. The highest BCUT2D eigenvalue weighted by Gasteiger charge is 2.47. The standard InChI is InChI=1S/C58H98O14/c1-3-5-7-9-11-13-15-17-18-19-20-21-22-23-24-25-26-27-28-29-31-33-35-37-39-41-50(60)70-47(44-67-42-40-38-36-34-32-30-16-14-12-10-8-6-4-2)45-68-57-56(66)54(64)52(62)49(72-57)46-69-58-55(65)53(63)51(61)48(43-59)71-58/h5,7,11-14,17-18,20-21,23-24,26-27,47-49,51-59,61-66H,3-4,6,8-10,15-16,19,22,25,28-46H2,1-2H3/b7-5-,13-11-,14-12-,18-17-,21-20-,24-23-,27-26-. The van der Waals surface area contributed by atoms with Crippen LogP contribution in [0, 0.1) is 0 Å². The van der Waals surface area contributed by atoms with Crippen molar-refractivity contribution in [1.82, 2.24) is 0 Å². The van der Waals surface area contributed by atoms with Gasteiger partial charge in [-0.1, -0.05) is 163 Å². The van der Waals surface area contributed by atoms with E-state index in [9.17, 15) is 40.5 Å². The van der Waals surface area contributed by atoms with Gasteiger partial charge in [-0.25, -0.2) is 0 Å². The van der Waals surface area contributed by atoms with Gasteiger partial charge in [-0.15, -0.1) is 0 Å². The van der Waals surface area contributed by atoms with E-state index in [2.05, 4.69) is 98.9 Å². The molecule has 11 unspecified atom stereocenters. The van der Waals surface area contributed by atoms with E-state index in [0.29, 0.717) is 13.0 Å². The quantitative estimate of drug-likeness (QED) is 0.0172. The van der Waals surface area contributed by atoms with E-state index in [1.807, 2.05) is 0 Å². The minimum Gasteiger partial charge on any atom is -0.457 e. The minimum absolute atomic E-state index is 0.0464. The molecule has 2 aliphatic rings. The Morgan fingerprint density at radius 3 is 1.43 bits per heavy atom. The number of hydrogen-bond donors (Lipinski definition) is 7. The van der Waals surface area contributed by atoms with E-state index in [0.717, 1.165) is 103 Å². The first-order chi connectivity index (χ1) is 35.1. The van der Waals surface area contributed by atoms with Crippen LogP contribution in [-0.2, 0) is 33.2 Å². The van der Waals surface area contributed by atoms with Crippen LogP contribution in [0.3, 0.4) is 0 Å². The molecule has 0 amide bonds. The number of allylic oxidation sites excluding steroid dienone is 14. The third-order valence-electron chi connectivity index (χ3n) is 12.6. The number of unbranched alkanes of at least 4 members (excludes halogenated alkanes) is 15. The lowest BCUT2D eigenvalue weighted by molar-refractivity contribution is -0.332. The molecule has 2 fully saturated rings. The van der Waals surface area contributed by atoms with Gasteiger partial charge in [0.2, 0.25) is 0 Å². The van der Waals surface area contributed by atoms with Crippen LogP contribution in [0.15, 0.2) is 85.1 Å². The zero-order chi connectivity index (χ0) is 52.3. The molecular formula is C58H98O14. The fraction of sp³-hybridized carbons (Fsp3) is 0.741. The maximum absolute atomic E-state index is 13.0. The number of aliphatic hydroxyl groups is 7. The van der Waals surface area contributed by atoms with Crippen LogP contribution in [0.4, 0.5) is 0 Å². The van der Waals surface area contributed by atoms with Crippen LogP contribution >= 0.6 is 0 Å². The molecule has 14 heteroatoms. The number of carbonyl (C=O) groups is 1. The van der Waals surface area contributed by atoms with Crippen molar-refractivity contribution in [2.45, 2.75) is 242 Å². The van der Waals surface area contributed by atoms with Gasteiger partial charge in [-0.2, -0.15) is 0 Å². The molecule has 2 saturated heterocycles. The Labute approximate surface area is 433 Å². The van der Waals surface area contributed by atoms with E-state index in [-0.39, 0.29) is 19.6 Å². The largest absolute Gasteiger partial charge is 0.457 e. The SMILES string of the molecule is CC/C=C\C/C=C\C/C=C\C/C=C\C/C=C\C/C=C\CCCCCCCCC(=O)OC(COCCCCCCCC/C=C\CCCCC)COC1OC(COC2OC(CO)C(O)C(O)C2O)C(O)C(O)C1O. The summed E-state index contributed by atoms with van der Waals surface area (Å²) in [5, 5.41) is 72.2. The smallest absolute Gasteiger partial charge is 0.306 e. The van der Waals surface area contributed by atoms with Crippen molar-refractivity contribution in [2.75, 3.05) is 33.0 Å². The number of aliphatic hydroxyl groups excluding tert-OH is 7. The highest BCUT2D eigenvalue weighted by atomic mass is 16.7. The lowest BCUT2D eigenvalue weighted by Gasteiger charge is -2.42. The Morgan fingerprint density at radius 2 is 0.903 bits per heavy atom. The van der Waals surface area contributed by atoms with E-state index in [1.54, 1.807) is 0 Å². The van der Waals surface area contributed by atoms with Crippen LogP contribution < -0.4 is 0 Å². The van der Waals surface area contributed by atoms with Gasteiger partial charge in [0.1, 0.15) is 54.9 Å². The Kier molecular flexibility index (Phi) is 40.3. The molecule has 14 nitrogen and oxygen atoms in total. The third-order valence-corrected chi connectivity index (χ3v) is 12.6. The topological polar surface area (TPSA) is 214 Å². The summed E-state index contributed by atoms with van der Waals surface area (Å²) in [7, 11) is 0. The Bertz CT molecular complexity index is 1510. The fourth-order valence-electron chi connectivity index (χ4n) is 8.16. The summed E-state index contributed by atoms with van der Waals surface area (Å²) < 4.78 is 34.3. The molecule has 2 aliphatic heterocycles. The number of hydrogen-bond acceptors (Lipinski definition) is 14. The molecule has 0 aromatic carbocycles. The van der Waals surface area contributed by atoms with Crippen molar-refractivity contribution in [2.24, 2.45) is 0 Å². The van der Waals surface area contributed by atoms with Gasteiger partial charge >= 0.3 is 5.97 Å². The van der Waals surface area contributed by atoms with E-state index in [1.165, 1.54) is 44.9 Å². The second-order valence-electron chi connectivity index (χ2n) is 19.0. The molecule has 0 spiro atoms. The Balaban J connectivity index is 1.73. The van der Waals surface area contributed by atoms with Crippen LogP contribution in [0.25, 0.3) is 0 Å². The van der Waals surface area contributed by atoms with E-state index in [4.69, 9.17) is 28.4 Å². The Morgan fingerprint density at radius 1 is 0.472 bits per heavy atom. The monoisotopic (exact) mass is 1020 g/mol. The molecule has 0 aromatic rings. The summed E-state index contributed by atoms with van der Waals surface area (Å²) in [5.74, 6) is -0.396. The summed E-state index contributed by atoms with van der Waals surface area (Å²) in [6, 6.07) is 0. The molecule has 0 aromatic heterocycles. The van der Waals surface area contributed by atoms with Crippen LogP contribution in [-0.4, -0.2) is 142 Å². The van der Waals surface area contributed by atoms with Crippen molar-refractivity contribution in [3.05, 3.63) is 85.1 Å². The average molecular weight is 1020 g/mol. The van der Waals surface area contributed by atoms with Crippen molar-refractivity contribution < 1.29 is 69.0 Å². The van der Waals surface area contributed by atoms with Gasteiger partial charge < -0.3 is 64.2 Å². The van der Waals surface area contributed by atoms with Crippen molar-refractivity contribution in [1.29, 1.82) is 0 Å². The molecule has 0 aliphatic carbocycles. The molecule has 11 atom stereocenters. The van der Waals surface area contributed by atoms with Crippen LogP contribution in [0.5, 0.6) is 0 Å². The lowest BCUT2D eigenvalue weighted by atomic mass is 9.98. The second kappa shape index (κ2) is 44.5. The lowest BCUT2D eigenvalue weighted by Crippen LogP contribution is -2.61. The molecule has 0 saturated carbocycles. The molecule has 72 heavy (non-hydrogen) atoms. The predicted octanol–water partition coefficient (Wildman–Crippen LogP) is 9.24. The summed E-state index contributed by atoms with van der Waals surface area (Å²) in [6.45, 7) is 3.50. The van der Waals surface area contributed by atoms with E-state index >= 15 is 0 Å². The normalized spacial score (nSPS) is 25.8. The number of carbonyl (C=O) groups excluding carboxylic acids is 1. The van der Waals surface area contributed by atoms with Gasteiger partial charge in [-0.05, 0) is 89.9 Å². The summed E-state index contributed by atoms with van der Waals surface area (Å²) in [5.41, 5.74) is 0. The maximum atomic E-state index is 13.0. The van der Waals surface area contributed by atoms with Gasteiger partial charge in [0.05, 0.1) is 26.4 Å². The zero-order valence-electron chi connectivity index (χ0n) is 44.1. The minimum atomic E-state index is -1.71. The van der Waals surface area contributed by atoms with Crippen molar-refractivity contribution in [3.8, 4) is 0 Å². The predicted molar refractivity (Wildman–Crippen MR) is 284 cm³/mol. The van der Waals surface area contributed by atoms with Crippen molar-refractivity contribution >= 4 is 5.97 Å². The molecule has 7 N–H and O–H groups in total. The summed E-state index contributed by atoms with van der Waals surface area (Å²) in [4.78, 5) is 13.0. The molecule has 414 valence electrons. The first-order valence-electron chi connectivity index (χ1n) is 27.7. The van der Waals surface area contributed by atoms with E-state index < -0.39 is 86.7 Å². The fourth-order valence-corrected chi connectivity index (χ4v) is 8.16. The average Bonchev–Trinajstić information content (AvgIpc) is 3.38. The maximum Gasteiger partial charge on any atom is 0.306 e. The highest BCUT2D eigenvalue weighted by molar-refractivity contribution is 5.69. The van der Waals surface area contributed by atoms with Gasteiger partial charge in [-0.3, -0.25) is 4.79 Å². The van der Waals surface area contributed by atoms with Crippen molar-refractivity contribution in [3.63, 3.8) is 0 Å². The number of ether oxygens (including phenoxy) is 6. The third kappa shape index (κ3) is 31.1. The second-order valence-corrected chi connectivity index (χ2v) is 19.0. The molecule has 0 radical (unpaired) electrons. The van der Waals surface area contributed by atoms with Crippen LogP contribution in [0.1, 0.15) is 174 Å². The number of esters is 1. The highest BCUT2D eigenvalue weighted by Crippen LogP contribution is 2.26. The molecular weight excluding hydrogens is 921 g/mol. The zero-order valence-corrected chi connectivity index (χ0v) is 44.1. The van der Waals surface area contributed by atoms with Gasteiger partial charge in [0.25, 0.3) is 0 Å². The van der Waals surface area contributed by atoms with Gasteiger partial charge in [0, 0.05) is 13.0 Å². The number of rotatable bonds is 43. The first-order valence-corrected chi connectivity index (χ1v) is 27.7. The van der Waals surface area contributed by atoms with Gasteiger partial charge in [0.15, 0.2) is 12.6 Å².